The Morgan fingerprint density at radius 2 is 2.03 bits per heavy atom. The standard InChI is InChI=1S/C26H30N6O/c1-31(2)16-19-11-20-14-22(13-19)29-26-27-9-8-23(30-26)21-6-3-5-18(12-21)15-28-25(33)24-7-4-10-32(24)17-20/h3,5-6,8-9,11-14,24H,4,7,10,15-17H2,1-2H3,(H,28,33)(H,27,29,30)/t24-/m0/s1. The second kappa shape index (κ2) is 9.29. The number of carbonyl (C=O) groups is 1. The largest absolute Gasteiger partial charge is 0.351 e. The average molecular weight is 443 g/mol. The fourth-order valence-corrected chi connectivity index (χ4v) is 4.79. The summed E-state index contributed by atoms with van der Waals surface area (Å²) < 4.78 is 0. The number of nitrogens with zero attached hydrogens (tertiary/aromatic N) is 4. The van der Waals surface area contributed by atoms with Crippen molar-refractivity contribution < 1.29 is 4.79 Å². The summed E-state index contributed by atoms with van der Waals surface area (Å²) in [7, 11) is 4.14. The van der Waals surface area contributed by atoms with Gasteiger partial charge in [-0.15, -0.1) is 0 Å². The van der Waals surface area contributed by atoms with E-state index in [0.29, 0.717) is 12.5 Å². The van der Waals surface area contributed by atoms with Gasteiger partial charge in [-0.1, -0.05) is 24.3 Å². The first-order chi connectivity index (χ1) is 16.0. The average Bonchev–Trinajstić information content (AvgIpc) is 3.25. The van der Waals surface area contributed by atoms with Crippen molar-refractivity contribution in [3.8, 4) is 11.3 Å². The Bertz CT molecular complexity index is 1160. The molecule has 1 fully saturated rings. The summed E-state index contributed by atoms with van der Waals surface area (Å²) in [5.41, 5.74) is 6.27. The van der Waals surface area contributed by atoms with Gasteiger partial charge >= 0.3 is 0 Å². The predicted molar refractivity (Wildman–Crippen MR) is 130 cm³/mol. The van der Waals surface area contributed by atoms with Crippen LogP contribution in [0.1, 0.15) is 29.5 Å². The molecule has 0 unspecified atom stereocenters. The zero-order chi connectivity index (χ0) is 22.8. The smallest absolute Gasteiger partial charge is 0.237 e. The highest BCUT2D eigenvalue weighted by Gasteiger charge is 2.30. The maximum Gasteiger partial charge on any atom is 0.237 e. The van der Waals surface area contributed by atoms with Crippen molar-refractivity contribution in [2.24, 2.45) is 0 Å². The monoisotopic (exact) mass is 442 g/mol. The van der Waals surface area contributed by atoms with Crippen LogP contribution in [0.4, 0.5) is 11.6 Å². The third kappa shape index (κ3) is 5.05. The van der Waals surface area contributed by atoms with E-state index >= 15 is 0 Å². The first-order valence-corrected chi connectivity index (χ1v) is 11.5. The summed E-state index contributed by atoms with van der Waals surface area (Å²) in [4.78, 5) is 26.7. The molecule has 2 aromatic carbocycles. The van der Waals surface area contributed by atoms with Gasteiger partial charge in [0.1, 0.15) is 0 Å². The topological polar surface area (TPSA) is 73.4 Å². The molecule has 7 nitrogen and oxygen atoms in total. The Morgan fingerprint density at radius 1 is 1.12 bits per heavy atom. The lowest BCUT2D eigenvalue weighted by molar-refractivity contribution is -0.125. The molecule has 0 radical (unpaired) electrons. The van der Waals surface area contributed by atoms with Crippen molar-refractivity contribution in [1.29, 1.82) is 0 Å². The van der Waals surface area contributed by atoms with E-state index in [1.165, 1.54) is 11.1 Å². The van der Waals surface area contributed by atoms with Crippen LogP contribution in [0.25, 0.3) is 11.3 Å². The molecule has 2 N–H and O–H groups in total. The van der Waals surface area contributed by atoms with Crippen LogP contribution in [0.3, 0.4) is 0 Å². The molecule has 2 aliphatic heterocycles. The Morgan fingerprint density at radius 3 is 2.91 bits per heavy atom. The number of anilines is 2. The molecule has 0 aliphatic carbocycles. The zero-order valence-corrected chi connectivity index (χ0v) is 19.2. The SMILES string of the molecule is CN(C)Cc1cc2cc(c1)Nc1nccc(n1)-c1cccc(c1)CNC(=O)[C@@H]1CCCN1C2. The van der Waals surface area contributed by atoms with Gasteiger partial charge in [0.05, 0.1) is 11.7 Å². The van der Waals surface area contributed by atoms with Gasteiger partial charge in [-0.3, -0.25) is 9.69 Å². The molecular weight excluding hydrogens is 412 g/mol. The maximum absolute atomic E-state index is 13.1. The van der Waals surface area contributed by atoms with E-state index in [9.17, 15) is 4.79 Å². The van der Waals surface area contributed by atoms with Gasteiger partial charge in [0, 0.05) is 37.1 Å². The number of fused-ring (bicyclic) bond motifs is 8. The van der Waals surface area contributed by atoms with Crippen molar-refractivity contribution in [1.82, 2.24) is 25.1 Å². The first kappa shape index (κ1) is 21.6. The molecule has 1 aromatic heterocycles. The molecule has 3 aromatic rings. The normalized spacial score (nSPS) is 18.5. The summed E-state index contributed by atoms with van der Waals surface area (Å²) in [5.74, 6) is 0.683. The number of nitrogens with one attached hydrogen (secondary N) is 2. The van der Waals surface area contributed by atoms with Gasteiger partial charge in [0.25, 0.3) is 0 Å². The van der Waals surface area contributed by atoms with Crippen LogP contribution in [0, 0.1) is 0 Å². The first-order valence-electron chi connectivity index (χ1n) is 11.5. The second-order valence-corrected chi connectivity index (χ2v) is 9.21. The highest BCUT2D eigenvalue weighted by molar-refractivity contribution is 5.82. The van der Waals surface area contributed by atoms with Gasteiger partial charge in [0.15, 0.2) is 0 Å². The summed E-state index contributed by atoms with van der Waals surface area (Å²) in [6, 6.07) is 16.5. The van der Waals surface area contributed by atoms with E-state index in [1.807, 2.05) is 24.3 Å². The number of hydrogen-bond acceptors (Lipinski definition) is 6. The van der Waals surface area contributed by atoms with E-state index in [0.717, 1.165) is 55.0 Å². The minimum absolute atomic E-state index is 0.0916. The number of hydrogen-bond donors (Lipinski definition) is 2. The number of aromatic nitrogens is 2. The highest BCUT2D eigenvalue weighted by Crippen LogP contribution is 2.26. The minimum atomic E-state index is -0.0916. The molecule has 170 valence electrons. The van der Waals surface area contributed by atoms with E-state index in [1.54, 1.807) is 6.20 Å². The van der Waals surface area contributed by atoms with Gasteiger partial charge in [-0.05, 0) is 74.4 Å². The van der Waals surface area contributed by atoms with Gasteiger partial charge in [0.2, 0.25) is 11.9 Å². The van der Waals surface area contributed by atoms with E-state index < -0.39 is 0 Å². The lowest BCUT2D eigenvalue weighted by Gasteiger charge is -2.25. The molecule has 1 amide bonds. The molecule has 5 rings (SSSR count). The molecule has 1 saturated heterocycles. The third-order valence-electron chi connectivity index (χ3n) is 6.20. The molecule has 0 spiro atoms. The second-order valence-electron chi connectivity index (χ2n) is 9.21. The van der Waals surface area contributed by atoms with Crippen LogP contribution in [0.2, 0.25) is 0 Å². The predicted octanol–water partition coefficient (Wildman–Crippen LogP) is 3.54. The molecule has 3 heterocycles. The van der Waals surface area contributed by atoms with Crippen LogP contribution in [0.15, 0.2) is 54.7 Å². The molecule has 33 heavy (non-hydrogen) atoms. The highest BCUT2D eigenvalue weighted by atomic mass is 16.2. The lowest BCUT2D eigenvalue weighted by Crippen LogP contribution is -2.42. The fraction of sp³-hybridized carbons (Fsp3) is 0.346. The Balaban J connectivity index is 1.57. The van der Waals surface area contributed by atoms with Crippen molar-refractivity contribution in [3.63, 3.8) is 0 Å². The van der Waals surface area contributed by atoms with Crippen molar-refractivity contribution >= 4 is 17.5 Å². The fourth-order valence-electron chi connectivity index (χ4n) is 4.79. The molecule has 7 heteroatoms. The van der Waals surface area contributed by atoms with Crippen LogP contribution in [0.5, 0.6) is 0 Å². The summed E-state index contributed by atoms with van der Waals surface area (Å²) in [6.07, 6.45) is 3.71. The van der Waals surface area contributed by atoms with Crippen LogP contribution >= 0.6 is 0 Å². The Hall–Kier alpha value is -3.29. The van der Waals surface area contributed by atoms with Crippen LogP contribution in [-0.4, -0.2) is 52.4 Å². The van der Waals surface area contributed by atoms with Crippen LogP contribution in [-0.2, 0) is 24.4 Å². The van der Waals surface area contributed by atoms with Crippen molar-refractivity contribution in [2.45, 2.75) is 38.5 Å². The van der Waals surface area contributed by atoms with E-state index in [2.05, 4.69) is 63.8 Å². The minimum Gasteiger partial charge on any atom is -0.351 e. The summed E-state index contributed by atoms with van der Waals surface area (Å²) in [5, 5.41) is 6.58. The molecule has 6 bridgehead atoms. The molecule has 0 saturated carbocycles. The quantitative estimate of drug-likeness (QED) is 0.633. The number of amides is 1. The number of carbonyl (C=O) groups excluding carboxylic acids is 1. The number of benzene rings is 2. The van der Waals surface area contributed by atoms with Crippen molar-refractivity contribution in [3.05, 3.63) is 71.4 Å². The Labute approximate surface area is 194 Å². The third-order valence-corrected chi connectivity index (χ3v) is 6.20. The Kier molecular flexibility index (Phi) is 6.07. The zero-order valence-electron chi connectivity index (χ0n) is 19.2. The number of rotatable bonds is 2. The lowest BCUT2D eigenvalue weighted by atomic mass is 10.1. The van der Waals surface area contributed by atoms with E-state index in [4.69, 9.17) is 4.98 Å². The summed E-state index contributed by atoms with van der Waals surface area (Å²) >= 11 is 0. The van der Waals surface area contributed by atoms with Crippen molar-refractivity contribution in [2.75, 3.05) is 26.0 Å². The van der Waals surface area contributed by atoms with Gasteiger partial charge < -0.3 is 15.5 Å². The molecular formula is C26H30N6O. The maximum atomic E-state index is 13.1. The van der Waals surface area contributed by atoms with Gasteiger partial charge in [-0.2, -0.15) is 0 Å². The van der Waals surface area contributed by atoms with Gasteiger partial charge in [-0.25, -0.2) is 9.97 Å². The van der Waals surface area contributed by atoms with E-state index in [-0.39, 0.29) is 11.9 Å². The van der Waals surface area contributed by atoms with Crippen LogP contribution < -0.4 is 10.6 Å². The molecule has 1 atom stereocenters. The molecule has 2 aliphatic rings. The summed E-state index contributed by atoms with van der Waals surface area (Å²) in [6.45, 7) is 3.01.